The third-order valence-corrected chi connectivity index (χ3v) is 4.75. The van der Waals surface area contributed by atoms with Gasteiger partial charge in [0.15, 0.2) is 6.10 Å². The second-order valence-corrected chi connectivity index (χ2v) is 6.68. The molecule has 2 aromatic carbocycles. The predicted octanol–water partition coefficient (Wildman–Crippen LogP) is 2.98. The smallest absolute Gasteiger partial charge is 0.335 e. The average molecular weight is 369 g/mol. The molecule has 0 aromatic heterocycles. The molecule has 1 unspecified atom stereocenters. The maximum absolute atomic E-state index is 11.5. The highest BCUT2D eigenvalue weighted by molar-refractivity contribution is 5.74. The number of anilines is 1. The van der Waals surface area contributed by atoms with Crippen molar-refractivity contribution in [3.63, 3.8) is 0 Å². The molecular weight excluding hydrogens is 342 g/mol. The molecule has 3 rings (SSSR count). The lowest BCUT2D eigenvalue weighted by Gasteiger charge is -2.31. The van der Waals surface area contributed by atoms with Gasteiger partial charge in [-0.25, -0.2) is 4.79 Å². The Morgan fingerprint density at radius 2 is 1.96 bits per heavy atom. The van der Waals surface area contributed by atoms with Crippen LogP contribution in [0.2, 0.25) is 0 Å². The largest absolute Gasteiger partial charge is 0.492 e. The first kappa shape index (κ1) is 19.2. The fraction of sp³-hybridized carbons (Fsp3) is 0.409. The van der Waals surface area contributed by atoms with Gasteiger partial charge < -0.3 is 19.5 Å². The van der Waals surface area contributed by atoms with E-state index in [1.165, 1.54) is 17.7 Å². The minimum Gasteiger partial charge on any atom is -0.492 e. The van der Waals surface area contributed by atoms with Crippen LogP contribution >= 0.6 is 0 Å². The molecule has 1 aliphatic rings. The van der Waals surface area contributed by atoms with Crippen molar-refractivity contribution in [2.45, 2.75) is 32.3 Å². The van der Waals surface area contributed by atoms with Crippen LogP contribution in [0.4, 0.5) is 5.69 Å². The summed E-state index contributed by atoms with van der Waals surface area (Å²) in [6, 6.07) is 16.0. The molecule has 1 aliphatic heterocycles. The third-order valence-electron chi connectivity index (χ3n) is 4.75. The van der Waals surface area contributed by atoms with Crippen molar-refractivity contribution < 1.29 is 19.4 Å². The van der Waals surface area contributed by atoms with Gasteiger partial charge in [0, 0.05) is 18.7 Å². The number of aryl methyl sites for hydroxylation is 1. The van der Waals surface area contributed by atoms with E-state index in [0.717, 1.165) is 30.8 Å². The molecule has 0 saturated carbocycles. The average Bonchev–Trinajstić information content (AvgIpc) is 2.69. The zero-order valence-electron chi connectivity index (χ0n) is 15.8. The molecule has 5 heteroatoms. The Morgan fingerprint density at radius 1 is 1.19 bits per heavy atom. The Balaban J connectivity index is 1.48. The number of benzene rings is 2. The summed E-state index contributed by atoms with van der Waals surface area (Å²) in [4.78, 5) is 13.9. The van der Waals surface area contributed by atoms with Gasteiger partial charge in [-0.15, -0.1) is 0 Å². The number of fused-ring (bicyclic) bond motifs is 1. The molecule has 1 N–H and O–H groups in total. The number of carbonyl (C=O) groups excluding carboxylic acids is 1. The molecule has 1 heterocycles. The Bertz CT molecular complexity index is 744. The number of rotatable bonds is 8. The molecule has 0 radical (unpaired) electrons. The number of carbonyl (C=O) groups is 1. The number of aliphatic hydroxyl groups excluding tert-OH is 1. The van der Waals surface area contributed by atoms with Gasteiger partial charge in [-0.2, -0.15) is 0 Å². The van der Waals surface area contributed by atoms with Crippen molar-refractivity contribution in [1.29, 1.82) is 0 Å². The van der Waals surface area contributed by atoms with E-state index in [1.54, 1.807) is 6.92 Å². The van der Waals surface area contributed by atoms with Crippen LogP contribution in [0.15, 0.2) is 48.5 Å². The number of hydrogen-bond donors (Lipinski definition) is 1. The van der Waals surface area contributed by atoms with Crippen molar-refractivity contribution in [3.05, 3.63) is 59.7 Å². The van der Waals surface area contributed by atoms with Gasteiger partial charge in [0.2, 0.25) is 0 Å². The lowest BCUT2D eigenvalue weighted by atomic mass is 10.0. The Labute approximate surface area is 160 Å². The highest BCUT2D eigenvalue weighted by atomic mass is 16.5. The molecule has 0 amide bonds. The molecule has 1 atom stereocenters. The quantitative estimate of drug-likeness (QED) is 0.725. The van der Waals surface area contributed by atoms with E-state index in [1.807, 2.05) is 24.3 Å². The predicted molar refractivity (Wildman–Crippen MR) is 105 cm³/mol. The molecule has 5 nitrogen and oxygen atoms in total. The van der Waals surface area contributed by atoms with E-state index in [2.05, 4.69) is 29.2 Å². The molecule has 144 valence electrons. The maximum atomic E-state index is 11.5. The van der Waals surface area contributed by atoms with Gasteiger partial charge in [-0.3, -0.25) is 0 Å². The second-order valence-electron chi connectivity index (χ2n) is 6.68. The minimum atomic E-state index is -1.13. The molecule has 2 aromatic rings. The number of aliphatic hydroxyl groups is 1. The SMILES string of the molecule is CCOC(=O)C(O)Cc1ccc(OCCN2CCCc3ccccc32)cc1. The van der Waals surface area contributed by atoms with E-state index in [4.69, 9.17) is 9.47 Å². The van der Waals surface area contributed by atoms with Crippen LogP contribution in [0, 0.1) is 0 Å². The van der Waals surface area contributed by atoms with Crippen LogP contribution in [-0.2, 0) is 22.4 Å². The Hall–Kier alpha value is -2.53. The van der Waals surface area contributed by atoms with Crippen LogP contribution in [-0.4, -0.2) is 43.5 Å². The van der Waals surface area contributed by atoms with Gasteiger partial charge in [0.25, 0.3) is 0 Å². The summed E-state index contributed by atoms with van der Waals surface area (Å²) in [5.41, 5.74) is 3.59. The van der Waals surface area contributed by atoms with Crippen LogP contribution < -0.4 is 9.64 Å². The van der Waals surface area contributed by atoms with E-state index >= 15 is 0 Å². The highest BCUT2D eigenvalue weighted by Crippen LogP contribution is 2.26. The number of nitrogens with zero attached hydrogens (tertiary/aromatic N) is 1. The standard InChI is InChI=1S/C22H27NO4/c1-2-26-22(25)21(24)16-17-9-11-19(12-10-17)27-15-14-23-13-5-7-18-6-3-4-8-20(18)23/h3-4,6,8-12,21,24H,2,5,7,13-16H2,1H3. The minimum absolute atomic E-state index is 0.240. The van der Waals surface area contributed by atoms with Crippen molar-refractivity contribution in [2.75, 3.05) is 31.2 Å². The van der Waals surface area contributed by atoms with Crippen molar-refractivity contribution in [3.8, 4) is 5.75 Å². The number of hydrogen-bond acceptors (Lipinski definition) is 5. The summed E-state index contributed by atoms with van der Waals surface area (Å²) < 4.78 is 10.7. The van der Waals surface area contributed by atoms with Gasteiger partial charge >= 0.3 is 5.97 Å². The summed E-state index contributed by atoms with van der Waals surface area (Å²) in [5, 5.41) is 9.83. The van der Waals surface area contributed by atoms with Gasteiger partial charge in [-0.1, -0.05) is 30.3 Å². The fourth-order valence-corrected chi connectivity index (χ4v) is 3.38. The monoisotopic (exact) mass is 369 g/mol. The first-order valence-corrected chi connectivity index (χ1v) is 9.56. The number of esters is 1. The van der Waals surface area contributed by atoms with Gasteiger partial charge in [0.05, 0.1) is 13.2 Å². The molecule has 0 aliphatic carbocycles. The Kier molecular flexibility index (Phi) is 6.71. The fourth-order valence-electron chi connectivity index (χ4n) is 3.38. The van der Waals surface area contributed by atoms with Crippen LogP contribution in [0.3, 0.4) is 0 Å². The molecule has 0 fully saturated rings. The molecular formula is C22H27NO4. The van der Waals surface area contributed by atoms with Crippen LogP contribution in [0.5, 0.6) is 5.75 Å². The summed E-state index contributed by atoms with van der Waals surface area (Å²) in [6.45, 7) is 4.51. The normalized spacial score (nSPS) is 14.4. The van der Waals surface area contributed by atoms with Gasteiger partial charge in [-0.05, 0) is 49.1 Å². The first-order valence-electron chi connectivity index (χ1n) is 9.56. The molecule has 0 bridgehead atoms. The van der Waals surface area contributed by atoms with E-state index in [0.29, 0.717) is 6.61 Å². The zero-order valence-corrected chi connectivity index (χ0v) is 15.8. The zero-order chi connectivity index (χ0) is 19.1. The topological polar surface area (TPSA) is 59.0 Å². The number of para-hydroxylation sites is 1. The molecule has 0 spiro atoms. The Morgan fingerprint density at radius 3 is 2.74 bits per heavy atom. The van der Waals surface area contributed by atoms with Crippen LogP contribution in [0.1, 0.15) is 24.5 Å². The summed E-state index contributed by atoms with van der Waals surface area (Å²) in [7, 11) is 0. The van der Waals surface area contributed by atoms with Gasteiger partial charge in [0.1, 0.15) is 12.4 Å². The maximum Gasteiger partial charge on any atom is 0.335 e. The number of ether oxygens (including phenoxy) is 2. The van der Waals surface area contributed by atoms with Crippen LogP contribution in [0.25, 0.3) is 0 Å². The lowest BCUT2D eigenvalue weighted by molar-refractivity contribution is -0.152. The van der Waals surface area contributed by atoms with E-state index < -0.39 is 12.1 Å². The molecule has 27 heavy (non-hydrogen) atoms. The first-order chi connectivity index (χ1) is 13.2. The van der Waals surface area contributed by atoms with E-state index in [-0.39, 0.29) is 13.0 Å². The van der Waals surface area contributed by atoms with E-state index in [9.17, 15) is 9.90 Å². The third kappa shape index (κ3) is 5.23. The molecule has 0 saturated heterocycles. The summed E-state index contributed by atoms with van der Waals surface area (Å²) in [6.07, 6.45) is 1.43. The highest BCUT2D eigenvalue weighted by Gasteiger charge is 2.17. The summed E-state index contributed by atoms with van der Waals surface area (Å²) in [5.74, 6) is 0.203. The summed E-state index contributed by atoms with van der Waals surface area (Å²) >= 11 is 0. The van der Waals surface area contributed by atoms with Crippen molar-refractivity contribution in [1.82, 2.24) is 0 Å². The van der Waals surface area contributed by atoms with Crippen molar-refractivity contribution >= 4 is 11.7 Å². The van der Waals surface area contributed by atoms with Crippen molar-refractivity contribution in [2.24, 2.45) is 0 Å². The second kappa shape index (κ2) is 9.42. The lowest BCUT2D eigenvalue weighted by Crippen LogP contribution is -2.33.